The normalized spacial score (nSPS) is 10.0. The van der Waals surface area contributed by atoms with Crippen LogP contribution >= 0.6 is 12.6 Å². The summed E-state index contributed by atoms with van der Waals surface area (Å²) in [6, 6.07) is 0. The smallest absolute Gasteiger partial charge is 0.305 e. The number of hydrogen-bond acceptors (Lipinski definition) is 3. The van der Waals surface area contributed by atoms with E-state index >= 15 is 0 Å². The minimum atomic E-state index is -0.0485. The van der Waals surface area contributed by atoms with Gasteiger partial charge >= 0.3 is 5.97 Å². The molecule has 78 valence electrons. The van der Waals surface area contributed by atoms with E-state index in [9.17, 15) is 4.79 Å². The molecular formula is C10H20O2S. The van der Waals surface area contributed by atoms with Gasteiger partial charge in [-0.05, 0) is 25.0 Å². The largest absolute Gasteiger partial charge is 0.466 e. The van der Waals surface area contributed by atoms with Gasteiger partial charge in [0.05, 0.1) is 6.61 Å². The van der Waals surface area contributed by atoms with Crippen molar-refractivity contribution in [3.63, 3.8) is 0 Å². The molecular weight excluding hydrogens is 184 g/mol. The summed E-state index contributed by atoms with van der Waals surface area (Å²) in [6.07, 6.45) is 5.72. The molecule has 0 aromatic rings. The summed E-state index contributed by atoms with van der Waals surface area (Å²) in [6.45, 7) is 2.67. The maximum Gasteiger partial charge on any atom is 0.305 e. The summed E-state index contributed by atoms with van der Waals surface area (Å²) in [5.41, 5.74) is 0. The molecule has 0 aromatic heterocycles. The molecule has 0 aliphatic heterocycles. The van der Waals surface area contributed by atoms with Crippen LogP contribution < -0.4 is 0 Å². The van der Waals surface area contributed by atoms with Crippen molar-refractivity contribution in [1.82, 2.24) is 0 Å². The lowest BCUT2D eigenvalue weighted by Crippen LogP contribution is -2.05. The number of thiol groups is 1. The number of esters is 1. The second-order valence-electron chi connectivity index (χ2n) is 3.11. The standard InChI is InChI=1S/C10H20O2S/c1-2-3-8-12-10(11)7-5-4-6-9-13/h13H,2-9H2,1H3. The number of carbonyl (C=O) groups excluding carboxylic acids is 1. The van der Waals surface area contributed by atoms with Crippen LogP contribution in [0.1, 0.15) is 45.4 Å². The van der Waals surface area contributed by atoms with Gasteiger partial charge in [-0.25, -0.2) is 0 Å². The van der Waals surface area contributed by atoms with Crippen LogP contribution in [-0.4, -0.2) is 18.3 Å². The van der Waals surface area contributed by atoms with Crippen LogP contribution in [0.4, 0.5) is 0 Å². The Labute approximate surface area is 86.5 Å². The predicted octanol–water partition coefficient (Wildman–Crippen LogP) is 2.82. The molecule has 0 radical (unpaired) electrons. The number of rotatable bonds is 8. The third-order valence-electron chi connectivity index (χ3n) is 1.80. The van der Waals surface area contributed by atoms with Gasteiger partial charge in [0.15, 0.2) is 0 Å². The summed E-state index contributed by atoms with van der Waals surface area (Å²) >= 11 is 4.10. The number of hydrogen-bond donors (Lipinski definition) is 1. The van der Waals surface area contributed by atoms with E-state index in [0.29, 0.717) is 13.0 Å². The van der Waals surface area contributed by atoms with Crippen LogP contribution in [0.25, 0.3) is 0 Å². The Bertz CT molecular complexity index is 126. The minimum absolute atomic E-state index is 0.0485. The lowest BCUT2D eigenvalue weighted by atomic mass is 10.2. The van der Waals surface area contributed by atoms with Crippen molar-refractivity contribution in [3.8, 4) is 0 Å². The first kappa shape index (κ1) is 12.8. The molecule has 0 amide bonds. The van der Waals surface area contributed by atoms with Gasteiger partial charge in [-0.1, -0.05) is 19.8 Å². The molecule has 0 atom stereocenters. The van der Waals surface area contributed by atoms with Crippen LogP contribution in [0.5, 0.6) is 0 Å². The highest BCUT2D eigenvalue weighted by molar-refractivity contribution is 7.80. The van der Waals surface area contributed by atoms with Crippen LogP contribution in [0.15, 0.2) is 0 Å². The molecule has 0 fully saturated rings. The molecule has 0 unspecified atom stereocenters. The Morgan fingerprint density at radius 1 is 1.23 bits per heavy atom. The second-order valence-corrected chi connectivity index (χ2v) is 3.56. The number of unbranched alkanes of at least 4 members (excludes halogenated alkanes) is 3. The van der Waals surface area contributed by atoms with Crippen molar-refractivity contribution in [2.24, 2.45) is 0 Å². The fourth-order valence-electron chi connectivity index (χ4n) is 0.960. The molecule has 0 saturated heterocycles. The summed E-state index contributed by atoms with van der Waals surface area (Å²) in [4.78, 5) is 11.0. The Morgan fingerprint density at radius 3 is 2.62 bits per heavy atom. The third kappa shape index (κ3) is 9.74. The minimum Gasteiger partial charge on any atom is -0.466 e. The van der Waals surface area contributed by atoms with Crippen LogP contribution in [0.3, 0.4) is 0 Å². The maximum atomic E-state index is 11.0. The summed E-state index contributed by atoms with van der Waals surface area (Å²) in [7, 11) is 0. The highest BCUT2D eigenvalue weighted by Crippen LogP contribution is 2.02. The second kappa shape index (κ2) is 9.90. The average molecular weight is 204 g/mol. The average Bonchev–Trinajstić information content (AvgIpc) is 2.13. The van der Waals surface area contributed by atoms with Crippen LogP contribution in [0.2, 0.25) is 0 Å². The van der Waals surface area contributed by atoms with Gasteiger partial charge in [-0.15, -0.1) is 0 Å². The van der Waals surface area contributed by atoms with Crippen molar-refractivity contribution in [1.29, 1.82) is 0 Å². The van der Waals surface area contributed by atoms with Crippen molar-refractivity contribution in [2.75, 3.05) is 12.4 Å². The summed E-state index contributed by atoms with van der Waals surface area (Å²) in [5.74, 6) is 0.859. The van der Waals surface area contributed by atoms with Gasteiger partial charge in [0.2, 0.25) is 0 Å². The molecule has 2 nitrogen and oxygen atoms in total. The lowest BCUT2D eigenvalue weighted by molar-refractivity contribution is -0.143. The Morgan fingerprint density at radius 2 is 2.00 bits per heavy atom. The van der Waals surface area contributed by atoms with E-state index < -0.39 is 0 Å². The van der Waals surface area contributed by atoms with Crippen molar-refractivity contribution >= 4 is 18.6 Å². The first-order chi connectivity index (χ1) is 6.31. The summed E-state index contributed by atoms with van der Waals surface area (Å²) in [5, 5.41) is 0. The lowest BCUT2D eigenvalue weighted by Gasteiger charge is -2.02. The first-order valence-corrected chi connectivity index (χ1v) is 5.71. The van der Waals surface area contributed by atoms with Crippen molar-refractivity contribution in [2.45, 2.75) is 45.4 Å². The maximum absolute atomic E-state index is 11.0. The van der Waals surface area contributed by atoms with Gasteiger partial charge in [0.25, 0.3) is 0 Å². The first-order valence-electron chi connectivity index (χ1n) is 5.07. The van der Waals surface area contributed by atoms with E-state index in [2.05, 4.69) is 19.6 Å². The highest BCUT2D eigenvalue weighted by Gasteiger charge is 2.00. The Kier molecular flexibility index (Phi) is 9.77. The topological polar surface area (TPSA) is 26.3 Å². The molecule has 0 spiro atoms. The predicted molar refractivity (Wildman–Crippen MR) is 58.2 cm³/mol. The molecule has 0 aromatic carbocycles. The van der Waals surface area contributed by atoms with E-state index in [1.165, 1.54) is 0 Å². The molecule has 3 heteroatoms. The molecule has 0 aliphatic carbocycles. The molecule has 0 rings (SSSR count). The molecule has 0 bridgehead atoms. The third-order valence-corrected chi connectivity index (χ3v) is 2.12. The number of ether oxygens (including phenoxy) is 1. The molecule has 0 heterocycles. The Hall–Kier alpha value is -0.180. The van der Waals surface area contributed by atoms with Crippen LogP contribution in [-0.2, 0) is 9.53 Å². The highest BCUT2D eigenvalue weighted by atomic mass is 32.1. The fraction of sp³-hybridized carbons (Fsp3) is 0.900. The number of carbonyl (C=O) groups is 1. The molecule has 0 aliphatic rings. The fourth-order valence-corrected chi connectivity index (χ4v) is 1.18. The van der Waals surface area contributed by atoms with E-state index in [4.69, 9.17) is 4.74 Å². The van der Waals surface area contributed by atoms with E-state index in [1.807, 2.05) is 0 Å². The van der Waals surface area contributed by atoms with Crippen LogP contribution in [0, 0.1) is 0 Å². The zero-order valence-electron chi connectivity index (χ0n) is 8.42. The van der Waals surface area contributed by atoms with Gasteiger partial charge in [-0.3, -0.25) is 4.79 Å². The quantitative estimate of drug-likeness (QED) is 0.374. The van der Waals surface area contributed by atoms with Gasteiger partial charge in [-0.2, -0.15) is 12.6 Å². The summed E-state index contributed by atoms with van der Waals surface area (Å²) < 4.78 is 5.00. The van der Waals surface area contributed by atoms with E-state index in [-0.39, 0.29) is 5.97 Å². The zero-order valence-corrected chi connectivity index (χ0v) is 9.31. The SMILES string of the molecule is CCCCOC(=O)CCCCCS. The van der Waals surface area contributed by atoms with E-state index in [0.717, 1.165) is 37.9 Å². The van der Waals surface area contributed by atoms with Gasteiger partial charge < -0.3 is 4.74 Å². The van der Waals surface area contributed by atoms with Gasteiger partial charge in [0, 0.05) is 6.42 Å². The van der Waals surface area contributed by atoms with Crippen molar-refractivity contribution < 1.29 is 9.53 Å². The Balaban J connectivity index is 3.11. The van der Waals surface area contributed by atoms with E-state index in [1.54, 1.807) is 0 Å². The zero-order chi connectivity index (χ0) is 9.94. The van der Waals surface area contributed by atoms with Crippen molar-refractivity contribution in [3.05, 3.63) is 0 Å². The molecule has 0 saturated carbocycles. The molecule has 0 N–H and O–H groups in total. The van der Waals surface area contributed by atoms with Gasteiger partial charge in [0.1, 0.15) is 0 Å². The molecule has 13 heavy (non-hydrogen) atoms. The monoisotopic (exact) mass is 204 g/mol.